The molecule has 0 aliphatic heterocycles. The van der Waals surface area contributed by atoms with Crippen LogP contribution in [0.15, 0.2) is 0 Å². The lowest BCUT2D eigenvalue weighted by Crippen LogP contribution is -3.00. The third-order valence-corrected chi connectivity index (χ3v) is 1.52. The van der Waals surface area contributed by atoms with Gasteiger partial charge in [0.25, 0.3) is 0 Å². The fourth-order valence-electron chi connectivity index (χ4n) is 0.841. The first-order chi connectivity index (χ1) is 4.41. The number of hydrogen-bond donors (Lipinski definition) is 1. The molecule has 0 saturated carbocycles. The van der Waals surface area contributed by atoms with Crippen molar-refractivity contribution in [1.82, 2.24) is 0 Å². The van der Waals surface area contributed by atoms with Gasteiger partial charge in [0, 0.05) is 0 Å². The van der Waals surface area contributed by atoms with Crippen LogP contribution >= 0.6 is 0 Å². The van der Waals surface area contributed by atoms with Crippen LogP contribution in [0.25, 0.3) is 0 Å². The smallest absolute Gasteiger partial charge is 0.0755 e. The molecule has 1 nitrogen and oxygen atoms in total. The first-order valence-corrected chi connectivity index (χ1v) is 4.23. The Morgan fingerprint density at radius 1 is 0.900 bits per heavy atom. The molecule has 0 fully saturated rings. The quantitative estimate of drug-likeness (QED) is 0.427. The highest BCUT2D eigenvalue weighted by atomic mass is 19.0. The van der Waals surface area contributed by atoms with Crippen molar-refractivity contribution in [3.63, 3.8) is 0 Å². The van der Waals surface area contributed by atoms with Gasteiger partial charge in [0.05, 0.1) is 13.1 Å². The minimum atomic E-state index is 0. The van der Waals surface area contributed by atoms with Crippen molar-refractivity contribution in [3.8, 4) is 0 Å². The minimum absolute atomic E-state index is 0. The second kappa shape index (κ2) is 11.7. The lowest BCUT2D eigenvalue weighted by molar-refractivity contribution is -0.655. The van der Waals surface area contributed by atoms with E-state index in [0.29, 0.717) is 0 Å². The molecular formula is C8H20FN. The van der Waals surface area contributed by atoms with Crippen molar-refractivity contribution in [2.24, 2.45) is 0 Å². The Hall–Kier alpha value is -0.110. The molecule has 10 heavy (non-hydrogen) atoms. The molecule has 2 N–H and O–H groups in total. The van der Waals surface area contributed by atoms with E-state index in [9.17, 15) is 0 Å². The molecule has 0 aromatic heterocycles. The molecule has 0 aliphatic rings. The van der Waals surface area contributed by atoms with E-state index in [4.69, 9.17) is 0 Å². The van der Waals surface area contributed by atoms with E-state index in [0.717, 1.165) is 0 Å². The van der Waals surface area contributed by atoms with E-state index < -0.39 is 0 Å². The zero-order valence-electron chi connectivity index (χ0n) is 7.20. The molecule has 2 heteroatoms. The maximum absolute atomic E-state index is 2.42. The maximum atomic E-state index is 2.42. The van der Waals surface area contributed by atoms with E-state index >= 15 is 0 Å². The minimum Gasteiger partial charge on any atom is -1.00 e. The predicted molar refractivity (Wildman–Crippen MR) is 41.5 cm³/mol. The number of quaternary nitrogens is 1. The molecule has 0 rings (SSSR count). The lowest BCUT2D eigenvalue weighted by atomic mass is 10.3. The Morgan fingerprint density at radius 3 is 1.60 bits per heavy atom. The Morgan fingerprint density at radius 2 is 1.30 bits per heavy atom. The van der Waals surface area contributed by atoms with Gasteiger partial charge >= 0.3 is 0 Å². The first kappa shape index (κ1) is 12.6. The largest absolute Gasteiger partial charge is 1.00 e. The van der Waals surface area contributed by atoms with Gasteiger partial charge in [-0.2, -0.15) is 0 Å². The van der Waals surface area contributed by atoms with Crippen LogP contribution in [0, 0.1) is 0 Å². The van der Waals surface area contributed by atoms with Crippen molar-refractivity contribution < 1.29 is 10.0 Å². The highest BCUT2D eigenvalue weighted by Gasteiger charge is 1.86. The average Bonchev–Trinajstić information content (AvgIpc) is 1.89. The molecule has 0 aromatic rings. The van der Waals surface area contributed by atoms with Crippen molar-refractivity contribution in [3.05, 3.63) is 0 Å². The van der Waals surface area contributed by atoms with Crippen molar-refractivity contribution in [1.29, 1.82) is 0 Å². The molecule has 0 unspecified atom stereocenters. The van der Waals surface area contributed by atoms with Gasteiger partial charge in [0.2, 0.25) is 0 Å². The standard InChI is InChI=1S/C8H19N.FH/c1-3-5-7-9-8-6-4-2;/h9H,3-8H2,1-2H3;1H. The Bertz CT molecular complexity index is 42.5. The summed E-state index contributed by atoms with van der Waals surface area (Å²) in [4.78, 5) is 0. The third-order valence-electron chi connectivity index (χ3n) is 1.52. The van der Waals surface area contributed by atoms with Gasteiger partial charge in [0.1, 0.15) is 0 Å². The summed E-state index contributed by atoms with van der Waals surface area (Å²) in [5.74, 6) is 0. The van der Waals surface area contributed by atoms with E-state index in [1.54, 1.807) is 0 Å². The number of halogens is 1. The summed E-state index contributed by atoms with van der Waals surface area (Å²) in [5.41, 5.74) is 0. The van der Waals surface area contributed by atoms with E-state index in [1.807, 2.05) is 0 Å². The molecule has 0 heterocycles. The molecule has 0 spiro atoms. The SMILES string of the molecule is CCCC[NH2+]CCCC.[F-]. The summed E-state index contributed by atoms with van der Waals surface area (Å²) in [6.45, 7) is 7.15. The normalized spacial score (nSPS) is 9.00. The van der Waals surface area contributed by atoms with E-state index in [-0.39, 0.29) is 4.70 Å². The summed E-state index contributed by atoms with van der Waals surface area (Å²) < 4.78 is 0. The number of rotatable bonds is 6. The van der Waals surface area contributed by atoms with Crippen LogP contribution in [0.4, 0.5) is 0 Å². The van der Waals surface area contributed by atoms with Crippen molar-refractivity contribution in [2.75, 3.05) is 13.1 Å². The Kier molecular flexibility index (Phi) is 14.6. The average molecular weight is 149 g/mol. The fraction of sp³-hybridized carbons (Fsp3) is 1.00. The first-order valence-electron chi connectivity index (χ1n) is 4.23. The second-order valence-corrected chi connectivity index (χ2v) is 2.57. The zero-order chi connectivity index (χ0) is 6.95. The van der Waals surface area contributed by atoms with Crippen LogP contribution in [0.5, 0.6) is 0 Å². The van der Waals surface area contributed by atoms with Gasteiger partial charge in [-0.15, -0.1) is 0 Å². The van der Waals surface area contributed by atoms with E-state index in [2.05, 4.69) is 19.2 Å². The van der Waals surface area contributed by atoms with Crippen molar-refractivity contribution in [2.45, 2.75) is 39.5 Å². The topological polar surface area (TPSA) is 16.6 Å². The molecule has 0 atom stereocenters. The number of nitrogens with two attached hydrogens (primary N) is 1. The van der Waals surface area contributed by atoms with Crippen LogP contribution in [-0.2, 0) is 0 Å². The van der Waals surface area contributed by atoms with E-state index in [1.165, 1.54) is 38.8 Å². The zero-order valence-corrected chi connectivity index (χ0v) is 7.20. The Labute approximate surface area is 63.6 Å². The number of hydrogen-bond acceptors (Lipinski definition) is 0. The molecule has 0 saturated heterocycles. The monoisotopic (exact) mass is 149 g/mol. The van der Waals surface area contributed by atoms with Crippen LogP contribution in [0.1, 0.15) is 39.5 Å². The molecule has 0 radical (unpaired) electrons. The van der Waals surface area contributed by atoms with Crippen LogP contribution < -0.4 is 10.0 Å². The highest BCUT2D eigenvalue weighted by molar-refractivity contribution is 4.28. The van der Waals surface area contributed by atoms with Crippen LogP contribution in [0.2, 0.25) is 0 Å². The van der Waals surface area contributed by atoms with Gasteiger partial charge in [-0.3, -0.25) is 0 Å². The molecule has 0 amide bonds. The molecule has 0 aromatic carbocycles. The summed E-state index contributed by atoms with van der Waals surface area (Å²) in [7, 11) is 0. The maximum Gasteiger partial charge on any atom is 0.0755 e. The summed E-state index contributed by atoms with van der Waals surface area (Å²) >= 11 is 0. The summed E-state index contributed by atoms with van der Waals surface area (Å²) in [5, 5.41) is 2.42. The van der Waals surface area contributed by atoms with Gasteiger partial charge in [-0.1, -0.05) is 26.7 Å². The third kappa shape index (κ3) is 10.8. The lowest BCUT2D eigenvalue weighted by Gasteiger charge is -1.96. The van der Waals surface area contributed by atoms with Crippen molar-refractivity contribution >= 4 is 0 Å². The molecule has 64 valence electrons. The van der Waals surface area contributed by atoms with Gasteiger partial charge in [-0.05, 0) is 12.8 Å². The summed E-state index contributed by atoms with van der Waals surface area (Å²) in [6, 6.07) is 0. The van der Waals surface area contributed by atoms with Gasteiger partial charge in [0.15, 0.2) is 0 Å². The summed E-state index contributed by atoms with van der Waals surface area (Å²) in [6.07, 6.45) is 5.43. The van der Waals surface area contributed by atoms with Gasteiger partial charge < -0.3 is 10.0 Å². The van der Waals surface area contributed by atoms with Crippen LogP contribution in [-0.4, -0.2) is 13.1 Å². The second-order valence-electron chi connectivity index (χ2n) is 2.57. The Balaban J connectivity index is 0. The highest BCUT2D eigenvalue weighted by Crippen LogP contribution is 1.80. The van der Waals surface area contributed by atoms with Crippen LogP contribution in [0.3, 0.4) is 0 Å². The number of unbranched alkanes of at least 4 members (excludes halogenated alkanes) is 2. The predicted octanol–water partition coefficient (Wildman–Crippen LogP) is -1.85. The fourth-order valence-corrected chi connectivity index (χ4v) is 0.841. The molecule has 0 aliphatic carbocycles. The molecule has 0 bridgehead atoms. The molecular weight excluding hydrogens is 129 g/mol. The van der Waals surface area contributed by atoms with Gasteiger partial charge in [-0.25, -0.2) is 0 Å².